The zero-order valence-electron chi connectivity index (χ0n) is 15.3. The molecule has 140 valence electrons. The van der Waals surface area contributed by atoms with E-state index in [0.29, 0.717) is 17.1 Å². The van der Waals surface area contributed by atoms with Gasteiger partial charge in [-0.15, -0.1) is 11.3 Å². The van der Waals surface area contributed by atoms with Gasteiger partial charge in [0, 0.05) is 17.4 Å². The van der Waals surface area contributed by atoms with E-state index in [2.05, 4.69) is 11.6 Å². The topological polar surface area (TPSA) is 57.7 Å². The van der Waals surface area contributed by atoms with Crippen molar-refractivity contribution in [2.45, 2.75) is 10.1 Å². The second-order valence-corrected chi connectivity index (χ2v) is 7.81. The molecule has 2 aromatic carbocycles. The van der Waals surface area contributed by atoms with Crippen LogP contribution in [-0.4, -0.2) is 32.3 Å². The molecule has 0 unspecified atom stereocenters. The van der Waals surface area contributed by atoms with Gasteiger partial charge in [0.05, 0.1) is 37.1 Å². The molecule has 0 aliphatic heterocycles. The van der Waals surface area contributed by atoms with E-state index in [4.69, 9.17) is 14.2 Å². The van der Waals surface area contributed by atoms with Crippen LogP contribution >= 0.6 is 23.1 Å². The average Bonchev–Trinajstić information content (AvgIpc) is 3.12. The number of esters is 1. The normalized spacial score (nSPS) is 10.6. The Morgan fingerprint density at radius 2 is 2.00 bits per heavy atom. The summed E-state index contributed by atoms with van der Waals surface area (Å²) in [5, 5.41) is 0. The first-order valence-electron chi connectivity index (χ1n) is 8.08. The van der Waals surface area contributed by atoms with Crippen LogP contribution in [0.1, 0.15) is 11.1 Å². The predicted molar refractivity (Wildman–Crippen MR) is 110 cm³/mol. The molecule has 1 aromatic heterocycles. The summed E-state index contributed by atoms with van der Waals surface area (Å²) in [6.07, 6.45) is 0. The van der Waals surface area contributed by atoms with Gasteiger partial charge in [0.15, 0.2) is 4.34 Å². The Morgan fingerprint density at radius 3 is 2.70 bits per heavy atom. The van der Waals surface area contributed by atoms with Crippen LogP contribution in [0.15, 0.2) is 47.3 Å². The summed E-state index contributed by atoms with van der Waals surface area (Å²) in [6.45, 7) is 3.87. The van der Waals surface area contributed by atoms with Gasteiger partial charge in [-0.25, -0.2) is 9.78 Å². The van der Waals surface area contributed by atoms with Crippen LogP contribution in [0.4, 0.5) is 0 Å². The van der Waals surface area contributed by atoms with E-state index < -0.39 is 5.97 Å². The minimum Gasteiger partial charge on any atom is -0.497 e. The average molecular weight is 402 g/mol. The van der Waals surface area contributed by atoms with E-state index in [1.54, 1.807) is 37.3 Å². The van der Waals surface area contributed by atoms with Crippen LogP contribution in [0.3, 0.4) is 0 Å². The lowest BCUT2D eigenvalue weighted by atomic mass is 10.0. The van der Waals surface area contributed by atoms with E-state index in [1.165, 1.54) is 7.11 Å². The lowest BCUT2D eigenvalue weighted by molar-refractivity contribution is -0.133. The summed E-state index contributed by atoms with van der Waals surface area (Å²) in [4.78, 5) is 16.6. The number of aromatic nitrogens is 1. The van der Waals surface area contributed by atoms with Crippen LogP contribution in [0, 0.1) is 0 Å². The summed E-state index contributed by atoms with van der Waals surface area (Å²) in [5.41, 5.74) is 2.82. The first-order chi connectivity index (χ1) is 13.1. The highest BCUT2D eigenvalue weighted by atomic mass is 32.2. The molecule has 0 spiro atoms. The Bertz CT molecular complexity index is 997. The Balaban J connectivity index is 1.89. The minimum absolute atomic E-state index is 0.307. The maximum atomic E-state index is 11.9. The van der Waals surface area contributed by atoms with Gasteiger partial charge in [-0.05, 0) is 23.8 Å². The van der Waals surface area contributed by atoms with Crippen LogP contribution in [0.25, 0.3) is 15.8 Å². The van der Waals surface area contributed by atoms with Crippen LogP contribution in [0.2, 0.25) is 0 Å². The first-order valence-corrected chi connectivity index (χ1v) is 9.88. The van der Waals surface area contributed by atoms with Gasteiger partial charge in [0.25, 0.3) is 0 Å². The summed E-state index contributed by atoms with van der Waals surface area (Å²) in [7, 11) is 4.59. The van der Waals surface area contributed by atoms with Crippen molar-refractivity contribution in [1.82, 2.24) is 4.98 Å². The molecule has 3 rings (SSSR count). The molecule has 0 bridgehead atoms. The monoisotopic (exact) mass is 401 g/mol. The summed E-state index contributed by atoms with van der Waals surface area (Å²) in [6, 6.07) is 11.4. The number of nitrogens with zero attached hydrogens (tertiary/aromatic N) is 1. The third-order valence-electron chi connectivity index (χ3n) is 4.02. The van der Waals surface area contributed by atoms with Crippen molar-refractivity contribution in [2.24, 2.45) is 0 Å². The molecule has 27 heavy (non-hydrogen) atoms. The van der Waals surface area contributed by atoms with Gasteiger partial charge in [-0.1, -0.05) is 30.5 Å². The molecule has 0 aliphatic carbocycles. The van der Waals surface area contributed by atoms with Crippen molar-refractivity contribution in [2.75, 3.05) is 21.3 Å². The third-order valence-corrected chi connectivity index (χ3v) is 6.23. The molecule has 1 heterocycles. The molecular weight excluding hydrogens is 382 g/mol. The Kier molecular flexibility index (Phi) is 6.03. The number of hydrogen-bond donors (Lipinski definition) is 0. The SMILES string of the molecule is C=C(C(=O)OC)c1cccc(OC)c1CSc1nc2cc(OC)ccc2s1. The van der Waals surface area contributed by atoms with E-state index >= 15 is 0 Å². The van der Waals surface area contributed by atoms with Gasteiger partial charge >= 0.3 is 5.97 Å². The van der Waals surface area contributed by atoms with E-state index in [-0.39, 0.29) is 0 Å². The van der Waals surface area contributed by atoms with Crippen LogP contribution < -0.4 is 9.47 Å². The van der Waals surface area contributed by atoms with Crippen LogP contribution in [0.5, 0.6) is 11.5 Å². The highest BCUT2D eigenvalue weighted by Crippen LogP contribution is 2.37. The molecule has 0 amide bonds. The summed E-state index contributed by atoms with van der Waals surface area (Å²) >= 11 is 3.20. The number of carbonyl (C=O) groups is 1. The standard InChI is InChI=1S/C20H19NO4S2/c1-12(19(22)25-4)14-6-5-7-17(24-3)15(14)11-26-20-21-16-10-13(23-2)8-9-18(16)27-20/h5-10H,1,11H2,2-4H3. The predicted octanol–water partition coefficient (Wildman–Crippen LogP) is 4.79. The fourth-order valence-electron chi connectivity index (χ4n) is 2.63. The van der Waals surface area contributed by atoms with Crippen molar-refractivity contribution in [3.8, 4) is 11.5 Å². The van der Waals surface area contributed by atoms with Crippen molar-refractivity contribution < 1.29 is 19.0 Å². The molecule has 0 atom stereocenters. The van der Waals surface area contributed by atoms with Crippen molar-refractivity contribution in [1.29, 1.82) is 0 Å². The molecule has 3 aromatic rings. The van der Waals surface area contributed by atoms with E-state index in [9.17, 15) is 4.79 Å². The fraction of sp³-hybridized carbons (Fsp3) is 0.200. The number of ether oxygens (including phenoxy) is 3. The van der Waals surface area contributed by atoms with Crippen molar-refractivity contribution in [3.63, 3.8) is 0 Å². The van der Waals surface area contributed by atoms with Crippen molar-refractivity contribution in [3.05, 3.63) is 54.1 Å². The molecule has 0 aliphatic rings. The molecule has 0 fully saturated rings. The number of hydrogen-bond acceptors (Lipinski definition) is 7. The summed E-state index contributed by atoms with van der Waals surface area (Å²) < 4.78 is 17.6. The maximum Gasteiger partial charge on any atom is 0.337 e. The molecule has 0 radical (unpaired) electrons. The van der Waals surface area contributed by atoms with Crippen LogP contribution in [-0.2, 0) is 15.3 Å². The number of rotatable bonds is 7. The highest BCUT2D eigenvalue weighted by molar-refractivity contribution is 8.00. The second-order valence-electron chi connectivity index (χ2n) is 5.56. The molecule has 5 nitrogen and oxygen atoms in total. The number of carbonyl (C=O) groups excluding carboxylic acids is 1. The Morgan fingerprint density at radius 1 is 1.19 bits per heavy atom. The molecule has 0 saturated heterocycles. The van der Waals surface area contributed by atoms with Gasteiger partial charge in [-0.2, -0.15) is 0 Å². The highest BCUT2D eigenvalue weighted by Gasteiger charge is 2.18. The maximum absolute atomic E-state index is 11.9. The van der Waals surface area contributed by atoms with Gasteiger partial charge in [-0.3, -0.25) is 0 Å². The molecular formula is C20H19NO4S2. The zero-order chi connectivity index (χ0) is 19.4. The fourth-order valence-corrected chi connectivity index (χ4v) is 4.72. The number of methoxy groups -OCH3 is 3. The first kappa shape index (κ1) is 19.3. The van der Waals surface area contributed by atoms with Gasteiger partial charge in [0.1, 0.15) is 11.5 Å². The Hall–Kier alpha value is -2.51. The number of fused-ring (bicyclic) bond motifs is 1. The number of thiazole rings is 1. The number of thioether (sulfide) groups is 1. The number of benzene rings is 2. The summed E-state index contributed by atoms with van der Waals surface area (Å²) in [5.74, 6) is 1.62. The second kappa shape index (κ2) is 8.45. The van der Waals surface area contributed by atoms with E-state index in [1.807, 2.05) is 36.4 Å². The van der Waals surface area contributed by atoms with E-state index in [0.717, 1.165) is 31.4 Å². The van der Waals surface area contributed by atoms with Gasteiger partial charge in [0.2, 0.25) is 0 Å². The quantitative estimate of drug-likeness (QED) is 0.322. The van der Waals surface area contributed by atoms with Gasteiger partial charge < -0.3 is 14.2 Å². The van der Waals surface area contributed by atoms with Crippen molar-refractivity contribution >= 4 is 44.9 Å². The Labute approximate surface area is 166 Å². The minimum atomic E-state index is -0.457. The zero-order valence-corrected chi connectivity index (χ0v) is 16.9. The largest absolute Gasteiger partial charge is 0.497 e. The smallest absolute Gasteiger partial charge is 0.337 e. The third kappa shape index (κ3) is 4.09. The molecule has 7 heteroatoms. The lowest BCUT2D eigenvalue weighted by Gasteiger charge is -2.14. The molecule has 0 saturated carbocycles. The lowest BCUT2D eigenvalue weighted by Crippen LogP contribution is -2.06. The molecule has 0 N–H and O–H groups in total.